The molecular weight excluding hydrogens is 466 g/mol. The number of benzene rings is 1. The van der Waals surface area contributed by atoms with Crippen molar-refractivity contribution >= 4 is 11.7 Å². The zero-order valence-corrected chi connectivity index (χ0v) is 20.5. The topological polar surface area (TPSA) is 85.4 Å². The van der Waals surface area contributed by atoms with Gasteiger partial charge >= 0.3 is 0 Å². The van der Waals surface area contributed by atoms with Crippen LogP contribution in [0, 0.1) is 5.92 Å². The Balaban J connectivity index is 1.26. The van der Waals surface area contributed by atoms with E-state index in [0.29, 0.717) is 42.3 Å². The number of amides is 1. The second-order valence-electron chi connectivity index (χ2n) is 10.8. The molecule has 7 nitrogen and oxygen atoms in total. The lowest BCUT2D eigenvalue weighted by Crippen LogP contribution is -2.45. The lowest BCUT2D eigenvalue weighted by Gasteiger charge is -2.28. The number of carbonyl (C=O) groups excluding carboxylic acids is 1. The van der Waals surface area contributed by atoms with Crippen LogP contribution in [0.4, 0.5) is 14.6 Å². The van der Waals surface area contributed by atoms with Crippen LogP contribution in [0.15, 0.2) is 24.5 Å². The second-order valence-corrected chi connectivity index (χ2v) is 10.8. The molecule has 1 saturated heterocycles. The minimum atomic E-state index is -2.80. The standard InChI is InChI=1S/C27H32F2N4O3/c1-16(18-3-2-4-20-19(18)7-10-27(20,28)29)32-24-23(25-35-11-12-36-25)21(30-15-31-24)13-22(34)33-26-8-5-17(14-26)6-9-26/h2-4,15-17,25H,5-14H2,1H3,(H,33,34)(H,30,31,32). The van der Waals surface area contributed by atoms with Gasteiger partial charge in [0.15, 0.2) is 6.29 Å². The first kappa shape index (κ1) is 23.7. The van der Waals surface area contributed by atoms with E-state index < -0.39 is 12.2 Å². The van der Waals surface area contributed by atoms with Crippen molar-refractivity contribution in [3.8, 4) is 0 Å². The summed E-state index contributed by atoms with van der Waals surface area (Å²) in [4.78, 5) is 22.0. The number of ether oxygens (including phenoxy) is 2. The molecule has 3 fully saturated rings. The van der Waals surface area contributed by atoms with E-state index in [2.05, 4.69) is 20.6 Å². The molecule has 9 heteroatoms. The lowest BCUT2D eigenvalue weighted by molar-refractivity contribution is -0.122. The number of aromatic nitrogens is 2. The first-order valence-corrected chi connectivity index (χ1v) is 13.0. The highest BCUT2D eigenvalue weighted by atomic mass is 19.3. The number of fused-ring (bicyclic) bond motifs is 3. The van der Waals surface area contributed by atoms with Gasteiger partial charge in [0.2, 0.25) is 5.91 Å². The van der Waals surface area contributed by atoms with Gasteiger partial charge in [-0.25, -0.2) is 18.7 Å². The highest BCUT2D eigenvalue weighted by Crippen LogP contribution is 2.48. The molecule has 0 spiro atoms. The molecular formula is C27H32F2N4O3. The molecule has 3 aliphatic carbocycles. The Morgan fingerprint density at radius 3 is 2.67 bits per heavy atom. The second kappa shape index (κ2) is 9.03. The molecule has 1 aromatic heterocycles. The van der Waals surface area contributed by atoms with Crippen LogP contribution in [0.3, 0.4) is 0 Å². The number of rotatable bonds is 7. The van der Waals surface area contributed by atoms with Gasteiger partial charge < -0.3 is 20.1 Å². The van der Waals surface area contributed by atoms with Crippen molar-refractivity contribution < 1.29 is 23.0 Å². The normalized spacial score (nSPS) is 27.2. The van der Waals surface area contributed by atoms with Crippen molar-refractivity contribution in [1.29, 1.82) is 0 Å². The van der Waals surface area contributed by atoms with E-state index in [4.69, 9.17) is 9.47 Å². The summed E-state index contributed by atoms with van der Waals surface area (Å²) in [6.45, 7) is 2.80. The van der Waals surface area contributed by atoms with Crippen LogP contribution in [0.2, 0.25) is 0 Å². The average Bonchev–Trinajstić information content (AvgIpc) is 3.64. The number of nitrogens with zero attached hydrogens (tertiary/aromatic N) is 2. The van der Waals surface area contributed by atoms with Crippen LogP contribution in [-0.2, 0) is 33.0 Å². The van der Waals surface area contributed by atoms with Crippen LogP contribution < -0.4 is 10.6 Å². The van der Waals surface area contributed by atoms with E-state index in [1.807, 2.05) is 13.0 Å². The fraction of sp³-hybridized carbons (Fsp3) is 0.593. The molecule has 2 heterocycles. The van der Waals surface area contributed by atoms with Gasteiger partial charge in [0.25, 0.3) is 5.92 Å². The molecule has 192 valence electrons. The zero-order valence-electron chi connectivity index (χ0n) is 20.5. The van der Waals surface area contributed by atoms with Crippen molar-refractivity contribution in [2.45, 2.75) is 82.1 Å². The van der Waals surface area contributed by atoms with Gasteiger partial charge in [0, 0.05) is 17.5 Å². The highest BCUT2D eigenvalue weighted by molar-refractivity contribution is 5.80. The quantitative estimate of drug-likeness (QED) is 0.575. The van der Waals surface area contributed by atoms with E-state index in [1.165, 1.54) is 25.2 Å². The molecule has 6 rings (SSSR count). The van der Waals surface area contributed by atoms with Crippen molar-refractivity contribution in [3.05, 3.63) is 52.5 Å². The summed E-state index contributed by atoms with van der Waals surface area (Å²) in [6.07, 6.45) is 6.53. The summed E-state index contributed by atoms with van der Waals surface area (Å²) in [5, 5.41) is 6.68. The maximum Gasteiger partial charge on any atom is 0.273 e. The number of carbonyl (C=O) groups is 1. The number of nitrogens with one attached hydrogen (secondary N) is 2. The van der Waals surface area contributed by atoms with Crippen LogP contribution in [0.1, 0.15) is 85.7 Å². The van der Waals surface area contributed by atoms with Crippen LogP contribution >= 0.6 is 0 Å². The van der Waals surface area contributed by atoms with E-state index in [9.17, 15) is 13.6 Å². The lowest BCUT2D eigenvalue weighted by atomic mass is 9.93. The molecule has 2 bridgehead atoms. The van der Waals surface area contributed by atoms with Gasteiger partial charge in [0.05, 0.1) is 36.9 Å². The van der Waals surface area contributed by atoms with Gasteiger partial charge in [-0.05, 0) is 62.5 Å². The summed E-state index contributed by atoms with van der Waals surface area (Å²) >= 11 is 0. The highest BCUT2D eigenvalue weighted by Gasteiger charge is 2.46. The predicted octanol–water partition coefficient (Wildman–Crippen LogP) is 4.72. The van der Waals surface area contributed by atoms with Gasteiger partial charge in [-0.1, -0.05) is 18.2 Å². The Morgan fingerprint density at radius 1 is 1.17 bits per heavy atom. The molecule has 0 radical (unpaired) electrons. The van der Waals surface area contributed by atoms with Gasteiger partial charge in [0.1, 0.15) is 12.1 Å². The molecule has 1 aromatic carbocycles. The van der Waals surface area contributed by atoms with E-state index in [1.54, 1.807) is 6.07 Å². The van der Waals surface area contributed by atoms with E-state index >= 15 is 0 Å². The summed E-state index contributed by atoms with van der Waals surface area (Å²) in [7, 11) is 0. The number of anilines is 1. The Hall–Kier alpha value is -2.65. The predicted molar refractivity (Wildman–Crippen MR) is 129 cm³/mol. The Kier molecular flexibility index (Phi) is 5.95. The molecule has 4 aliphatic rings. The first-order chi connectivity index (χ1) is 17.3. The fourth-order valence-corrected chi connectivity index (χ4v) is 6.65. The summed E-state index contributed by atoms with van der Waals surface area (Å²) in [6, 6.07) is 4.79. The summed E-state index contributed by atoms with van der Waals surface area (Å²) in [5.74, 6) is -1.63. The van der Waals surface area contributed by atoms with E-state index in [0.717, 1.165) is 30.7 Å². The minimum absolute atomic E-state index is 0.0578. The van der Waals surface area contributed by atoms with Crippen molar-refractivity contribution in [2.24, 2.45) is 5.92 Å². The van der Waals surface area contributed by atoms with Crippen molar-refractivity contribution in [1.82, 2.24) is 15.3 Å². The van der Waals surface area contributed by atoms with Crippen molar-refractivity contribution in [2.75, 3.05) is 18.5 Å². The third kappa shape index (κ3) is 4.26. The molecule has 1 amide bonds. The average molecular weight is 499 g/mol. The Labute approximate surface area is 209 Å². The monoisotopic (exact) mass is 498 g/mol. The summed E-state index contributed by atoms with van der Waals surface area (Å²) < 4.78 is 40.3. The van der Waals surface area contributed by atoms with E-state index in [-0.39, 0.29) is 35.9 Å². The minimum Gasteiger partial charge on any atom is -0.363 e. The number of hydrogen-bond donors (Lipinski definition) is 2. The third-order valence-electron chi connectivity index (χ3n) is 8.41. The van der Waals surface area contributed by atoms with Gasteiger partial charge in [-0.2, -0.15) is 0 Å². The molecule has 2 aromatic rings. The van der Waals surface area contributed by atoms with Crippen LogP contribution in [0.5, 0.6) is 0 Å². The molecule has 1 unspecified atom stereocenters. The smallest absolute Gasteiger partial charge is 0.273 e. The summed E-state index contributed by atoms with van der Waals surface area (Å²) in [5.41, 5.74) is 2.70. The van der Waals surface area contributed by atoms with Crippen molar-refractivity contribution in [3.63, 3.8) is 0 Å². The third-order valence-corrected chi connectivity index (χ3v) is 8.41. The molecule has 1 aliphatic heterocycles. The number of halogens is 2. The maximum atomic E-state index is 14.3. The fourth-order valence-electron chi connectivity index (χ4n) is 6.65. The molecule has 2 saturated carbocycles. The molecule has 2 N–H and O–H groups in total. The Morgan fingerprint density at radius 2 is 1.94 bits per heavy atom. The van der Waals surface area contributed by atoms with Gasteiger partial charge in [-0.15, -0.1) is 0 Å². The number of hydrogen-bond acceptors (Lipinski definition) is 6. The maximum absolute atomic E-state index is 14.3. The molecule has 1 atom stereocenters. The molecule has 36 heavy (non-hydrogen) atoms. The van der Waals surface area contributed by atoms with Crippen LogP contribution in [-0.4, -0.2) is 34.6 Å². The Bertz CT molecular complexity index is 1160. The van der Waals surface area contributed by atoms with Gasteiger partial charge in [-0.3, -0.25) is 4.79 Å². The largest absolute Gasteiger partial charge is 0.363 e. The zero-order chi connectivity index (χ0) is 24.9. The first-order valence-electron chi connectivity index (χ1n) is 13.0. The number of alkyl halides is 2. The SMILES string of the molecule is CC(Nc1ncnc(CC(=O)NC23CCC(CC2)C3)c1C1OCCO1)c1cccc2c1CCC2(F)F. The van der Waals surface area contributed by atoms with Crippen LogP contribution in [0.25, 0.3) is 0 Å².